The van der Waals surface area contributed by atoms with Gasteiger partial charge in [-0.1, -0.05) is 6.07 Å². The number of para-hydroxylation sites is 1. The van der Waals surface area contributed by atoms with Gasteiger partial charge < -0.3 is 10.6 Å². The summed E-state index contributed by atoms with van der Waals surface area (Å²) in [4.78, 5) is 25.1. The SMILES string of the molecule is C[C@@H](C1CC1)N(C(=O)c1cccc([N+](=O)[O-])c1N)C1CC1. The Balaban J connectivity index is 1.92. The summed E-state index contributed by atoms with van der Waals surface area (Å²) in [6, 6.07) is 4.89. The summed E-state index contributed by atoms with van der Waals surface area (Å²) >= 11 is 0. The van der Waals surface area contributed by atoms with Crippen LogP contribution in [0.25, 0.3) is 0 Å². The molecule has 2 saturated carbocycles. The molecule has 1 aromatic carbocycles. The molecule has 6 heteroatoms. The number of nitrogens with zero attached hydrogens (tertiary/aromatic N) is 2. The lowest BCUT2D eigenvalue weighted by Gasteiger charge is -2.30. The van der Waals surface area contributed by atoms with Crippen LogP contribution in [0.5, 0.6) is 0 Å². The van der Waals surface area contributed by atoms with E-state index in [0.29, 0.717) is 5.92 Å². The van der Waals surface area contributed by atoms with Crippen LogP contribution in [0, 0.1) is 16.0 Å². The van der Waals surface area contributed by atoms with Crippen molar-refractivity contribution < 1.29 is 9.72 Å². The highest BCUT2D eigenvalue weighted by Gasteiger charge is 2.42. The van der Waals surface area contributed by atoms with E-state index in [1.807, 2.05) is 4.90 Å². The predicted molar refractivity (Wildman–Crippen MR) is 78.9 cm³/mol. The molecule has 112 valence electrons. The first-order valence-corrected chi connectivity index (χ1v) is 7.36. The highest BCUT2D eigenvalue weighted by Crippen LogP contribution is 2.41. The number of amides is 1. The fraction of sp³-hybridized carbons (Fsp3) is 0.533. The first-order chi connectivity index (χ1) is 10.0. The minimum atomic E-state index is -0.544. The largest absolute Gasteiger partial charge is 0.393 e. The average molecular weight is 289 g/mol. The number of hydrogen-bond acceptors (Lipinski definition) is 4. The molecule has 0 unspecified atom stereocenters. The van der Waals surface area contributed by atoms with E-state index >= 15 is 0 Å². The highest BCUT2D eigenvalue weighted by atomic mass is 16.6. The van der Waals surface area contributed by atoms with Crippen molar-refractivity contribution in [1.29, 1.82) is 0 Å². The summed E-state index contributed by atoms with van der Waals surface area (Å²) in [6.07, 6.45) is 4.33. The lowest BCUT2D eigenvalue weighted by atomic mass is 10.1. The van der Waals surface area contributed by atoms with Crippen molar-refractivity contribution in [1.82, 2.24) is 4.90 Å². The normalized spacial score (nSPS) is 19.1. The number of anilines is 1. The maximum atomic E-state index is 12.8. The zero-order valence-corrected chi connectivity index (χ0v) is 12.0. The first-order valence-electron chi connectivity index (χ1n) is 7.36. The molecule has 0 radical (unpaired) electrons. The Morgan fingerprint density at radius 1 is 1.38 bits per heavy atom. The number of carbonyl (C=O) groups excluding carboxylic acids is 1. The summed E-state index contributed by atoms with van der Waals surface area (Å²) in [6.45, 7) is 2.07. The molecular formula is C15H19N3O3. The van der Waals surface area contributed by atoms with Gasteiger partial charge in [0, 0.05) is 18.2 Å². The summed E-state index contributed by atoms with van der Waals surface area (Å²) < 4.78 is 0. The van der Waals surface area contributed by atoms with E-state index in [0.717, 1.165) is 25.7 Å². The highest BCUT2D eigenvalue weighted by molar-refractivity contribution is 6.01. The van der Waals surface area contributed by atoms with Gasteiger partial charge in [-0.25, -0.2) is 0 Å². The second kappa shape index (κ2) is 5.02. The topological polar surface area (TPSA) is 89.5 Å². The number of nitro groups is 1. The van der Waals surface area contributed by atoms with Crippen LogP contribution < -0.4 is 5.73 Å². The van der Waals surface area contributed by atoms with Gasteiger partial charge in [-0.05, 0) is 44.6 Å². The average Bonchev–Trinajstić information content (AvgIpc) is 3.30. The molecule has 2 fully saturated rings. The van der Waals surface area contributed by atoms with E-state index in [4.69, 9.17) is 5.73 Å². The van der Waals surface area contributed by atoms with Gasteiger partial charge >= 0.3 is 0 Å². The summed E-state index contributed by atoms with van der Waals surface area (Å²) in [5.74, 6) is 0.396. The number of carbonyl (C=O) groups is 1. The summed E-state index contributed by atoms with van der Waals surface area (Å²) in [5, 5.41) is 11.0. The second-order valence-electron chi connectivity index (χ2n) is 6.02. The lowest BCUT2D eigenvalue weighted by molar-refractivity contribution is -0.383. The van der Waals surface area contributed by atoms with Crippen molar-refractivity contribution in [2.24, 2.45) is 5.92 Å². The van der Waals surface area contributed by atoms with Crippen molar-refractivity contribution >= 4 is 17.3 Å². The van der Waals surface area contributed by atoms with Gasteiger partial charge in [0.2, 0.25) is 0 Å². The van der Waals surface area contributed by atoms with Crippen molar-refractivity contribution in [3.63, 3.8) is 0 Å². The van der Waals surface area contributed by atoms with Crippen LogP contribution in [0.1, 0.15) is 43.0 Å². The zero-order chi connectivity index (χ0) is 15.1. The van der Waals surface area contributed by atoms with Gasteiger partial charge in [-0.2, -0.15) is 0 Å². The Labute approximate surface area is 123 Å². The molecule has 1 aromatic rings. The van der Waals surface area contributed by atoms with Crippen molar-refractivity contribution in [3.05, 3.63) is 33.9 Å². The monoisotopic (exact) mass is 289 g/mol. The van der Waals surface area contributed by atoms with E-state index in [2.05, 4.69) is 6.92 Å². The summed E-state index contributed by atoms with van der Waals surface area (Å²) in [7, 11) is 0. The molecule has 0 saturated heterocycles. The number of nitrogen functional groups attached to an aromatic ring is 1. The molecule has 0 aliphatic heterocycles. The van der Waals surface area contributed by atoms with Gasteiger partial charge in [0.15, 0.2) is 0 Å². The third-order valence-corrected chi connectivity index (χ3v) is 4.43. The molecule has 3 rings (SSSR count). The Bertz CT molecular complexity index is 594. The van der Waals surface area contributed by atoms with Crippen LogP contribution in [0.15, 0.2) is 18.2 Å². The molecule has 0 spiro atoms. The molecule has 2 N–H and O–H groups in total. The van der Waals surface area contributed by atoms with E-state index < -0.39 is 4.92 Å². The van der Waals surface area contributed by atoms with Gasteiger partial charge in [0.05, 0.1) is 10.5 Å². The molecule has 6 nitrogen and oxygen atoms in total. The Morgan fingerprint density at radius 2 is 2.05 bits per heavy atom. The second-order valence-corrected chi connectivity index (χ2v) is 6.02. The predicted octanol–water partition coefficient (Wildman–Crippen LogP) is 2.58. The number of benzene rings is 1. The van der Waals surface area contributed by atoms with Gasteiger partial charge in [0.25, 0.3) is 11.6 Å². The van der Waals surface area contributed by atoms with Crippen LogP contribution in [0.3, 0.4) is 0 Å². The number of nitrogens with two attached hydrogens (primary N) is 1. The Kier molecular flexibility index (Phi) is 3.31. The number of nitro benzene ring substituents is 1. The standard InChI is InChI=1S/C15H19N3O3/c1-9(10-5-6-10)17(11-7-8-11)15(19)12-3-2-4-13(14(12)16)18(20)21/h2-4,9-11H,5-8,16H2,1H3/t9-/m0/s1. The van der Waals surface area contributed by atoms with Crippen molar-refractivity contribution in [3.8, 4) is 0 Å². The first kappa shape index (κ1) is 13.9. The molecule has 1 amide bonds. The van der Waals surface area contributed by atoms with E-state index in [1.54, 1.807) is 6.07 Å². The van der Waals surface area contributed by atoms with Crippen molar-refractivity contribution in [2.45, 2.75) is 44.7 Å². The Morgan fingerprint density at radius 3 is 2.57 bits per heavy atom. The van der Waals surface area contributed by atoms with Crippen LogP contribution in [-0.2, 0) is 0 Å². The van der Waals surface area contributed by atoms with Crippen LogP contribution in [-0.4, -0.2) is 27.8 Å². The zero-order valence-electron chi connectivity index (χ0n) is 12.0. The molecule has 0 heterocycles. The third-order valence-electron chi connectivity index (χ3n) is 4.43. The van der Waals surface area contributed by atoms with Gasteiger partial charge in [-0.15, -0.1) is 0 Å². The van der Waals surface area contributed by atoms with Crippen LogP contribution in [0.4, 0.5) is 11.4 Å². The molecule has 2 aliphatic rings. The quantitative estimate of drug-likeness (QED) is 0.512. The van der Waals surface area contributed by atoms with Crippen LogP contribution in [0.2, 0.25) is 0 Å². The molecule has 0 aromatic heterocycles. The minimum Gasteiger partial charge on any atom is -0.393 e. The van der Waals surface area contributed by atoms with Gasteiger partial charge in [0.1, 0.15) is 5.69 Å². The van der Waals surface area contributed by atoms with E-state index in [-0.39, 0.29) is 34.9 Å². The lowest BCUT2D eigenvalue weighted by Crippen LogP contribution is -2.41. The maximum Gasteiger partial charge on any atom is 0.292 e. The smallest absolute Gasteiger partial charge is 0.292 e. The number of hydrogen-bond donors (Lipinski definition) is 1. The maximum absolute atomic E-state index is 12.8. The molecular weight excluding hydrogens is 270 g/mol. The van der Waals surface area contributed by atoms with E-state index in [9.17, 15) is 14.9 Å². The minimum absolute atomic E-state index is 0.0267. The molecule has 0 bridgehead atoms. The van der Waals surface area contributed by atoms with Gasteiger partial charge in [-0.3, -0.25) is 14.9 Å². The van der Waals surface area contributed by atoms with Crippen molar-refractivity contribution in [2.75, 3.05) is 5.73 Å². The Hall–Kier alpha value is -2.11. The fourth-order valence-corrected chi connectivity index (χ4v) is 2.88. The number of rotatable bonds is 5. The molecule has 21 heavy (non-hydrogen) atoms. The van der Waals surface area contributed by atoms with E-state index in [1.165, 1.54) is 12.1 Å². The summed E-state index contributed by atoms with van der Waals surface area (Å²) in [5.41, 5.74) is 5.87. The third kappa shape index (κ3) is 2.57. The van der Waals surface area contributed by atoms with Crippen LogP contribution >= 0.6 is 0 Å². The molecule has 1 atom stereocenters. The molecule has 2 aliphatic carbocycles. The fourth-order valence-electron chi connectivity index (χ4n) is 2.88.